The number of hydrogen-bond donors (Lipinski definition) is 1. The summed E-state index contributed by atoms with van der Waals surface area (Å²) >= 11 is 3.09. The number of rotatable bonds is 2. The molecule has 0 saturated carbocycles. The fourth-order valence-electron chi connectivity index (χ4n) is 1.90. The van der Waals surface area contributed by atoms with Crippen LogP contribution in [-0.2, 0) is 6.18 Å². The van der Waals surface area contributed by atoms with E-state index in [2.05, 4.69) is 15.9 Å². The molecule has 2 rings (SSSR count). The zero-order valence-electron chi connectivity index (χ0n) is 10.4. The topological polar surface area (TPSA) is 26.0 Å². The van der Waals surface area contributed by atoms with Gasteiger partial charge in [0.25, 0.3) is 0 Å². The first kappa shape index (κ1) is 15.9. The fourth-order valence-corrected chi connectivity index (χ4v) is 2.38. The Bertz CT molecular complexity index is 649. The van der Waals surface area contributed by atoms with Gasteiger partial charge in [-0.1, -0.05) is 22.0 Å². The Kier molecular flexibility index (Phi) is 4.34. The van der Waals surface area contributed by atoms with E-state index in [9.17, 15) is 22.0 Å². The lowest BCUT2D eigenvalue weighted by Gasteiger charge is -2.15. The molecule has 0 fully saturated rings. The summed E-state index contributed by atoms with van der Waals surface area (Å²) in [6.45, 7) is 0. The van der Waals surface area contributed by atoms with Crippen molar-refractivity contribution in [2.24, 2.45) is 5.73 Å². The van der Waals surface area contributed by atoms with Gasteiger partial charge < -0.3 is 5.73 Å². The van der Waals surface area contributed by atoms with E-state index in [1.807, 2.05) is 0 Å². The van der Waals surface area contributed by atoms with Crippen molar-refractivity contribution in [3.63, 3.8) is 0 Å². The molecule has 0 spiro atoms. The lowest BCUT2D eigenvalue weighted by atomic mass is 9.98. The molecule has 1 nitrogen and oxygen atoms in total. The maximum absolute atomic E-state index is 13.5. The Morgan fingerprint density at radius 1 is 0.952 bits per heavy atom. The molecule has 7 heteroatoms. The second-order valence-electron chi connectivity index (χ2n) is 4.42. The monoisotopic (exact) mass is 365 g/mol. The predicted molar refractivity (Wildman–Crippen MR) is 71.5 cm³/mol. The average molecular weight is 366 g/mol. The van der Waals surface area contributed by atoms with Gasteiger partial charge in [0.15, 0.2) is 0 Å². The Balaban J connectivity index is 2.40. The highest BCUT2D eigenvalue weighted by Crippen LogP contribution is 2.33. The molecule has 2 aromatic carbocycles. The minimum Gasteiger partial charge on any atom is -0.320 e. The van der Waals surface area contributed by atoms with Gasteiger partial charge in [-0.15, -0.1) is 0 Å². The van der Waals surface area contributed by atoms with Gasteiger partial charge in [0, 0.05) is 4.47 Å². The van der Waals surface area contributed by atoms with E-state index in [-0.39, 0.29) is 5.56 Å². The van der Waals surface area contributed by atoms with Crippen LogP contribution >= 0.6 is 15.9 Å². The summed E-state index contributed by atoms with van der Waals surface area (Å²) in [5.74, 6) is -1.96. The summed E-state index contributed by atoms with van der Waals surface area (Å²) in [5.41, 5.74) is 4.93. The van der Waals surface area contributed by atoms with Crippen LogP contribution < -0.4 is 5.73 Å². The van der Waals surface area contributed by atoms with Crippen molar-refractivity contribution in [3.8, 4) is 0 Å². The first-order valence-corrected chi connectivity index (χ1v) is 6.56. The van der Waals surface area contributed by atoms with Crippen LogP contribution in [0, 0.1) is 11.6 Å². The lowest BCUT2D eigenvalue weighted by molar-refractivity contribution is -0.140. The lowest BCUT2D eigenvalue weighted by Crippen LogP contribution is -2.14. The van der Waals surface area contributed by atoms with Crippen molar-refractivity contribution in [2.75, 3.05) is 0 Å². The van der Waals surface area contributed by atoms with Crippen LogP contribution in [0.3, 0.4) is 0 Å². The zero-order valence-corrected chi connectivity index (χ0v) is 12.0. The quantitative estimate of drug-likeness (QED) is 0.760. The largest absolute Gasteiger partial charge is 0.419 e. The molecule has 0 aliphatic heterocycles. The third-order valence-corrected chi connectivity index (χ3v) is 3.36. The van der Waals surface area contributed by atoms with Crippen molar-refractivity contribution in [2.45, 2.75) is 12.2 Å². The van der Waals surface area contributed by atoms with Crippen molar-refractivity contribution in [1.29, 1.82) is 0 Å². The average Bonchev–Trinajstić information content (AvgIpc) is 2.35. The molecular weight excluding hydrogens is 357 g/mol. The first-order valence-electron chi connectivity index (χ1n) is 5.76. The van der Waals surface area contributed by atoms with Gasteiger partial charge in [0.1, 0.15) is 11.6 Å². The maximum atomic E-state index is 13.5. The maximum Gasteiger partial charge on any atom is 0.419 e. The predicted octanol–water partition coefficient (Wildman–Crippen LogP) is 4.79. The van der Waals surface area contributed by atoms with E-state index < -0.39 is 29.4 Å². The van der Waals surface area contributed by atoms with Gasteiger partial charge in [-0.05, 0) is 41.5 Å². The molecule has 21 heavy (non-hydrogen) atoms. The molecule has 1 unspecified atom stereocenters. The molecule has 0 heterocycles. The first-order chi connectivity index (χ1) is 9.68. The molecule has 2 N–H and O–H groups in total. The molecule has 0 bridgehead atoms. The van der Waals surface area contributed by atoms with Gasteiger partial charge in [-0.3, -0.25) is 0 Å². The summed E-state index contributed by atoms with van der Waals surface area (Å²) in [6.07, 6.45) is -4.77. The number of alkyl halides is 3. The second-order valence-corrected chi connectivity index (χ2v) is 5.33. The Morgan fingerprint density at radius 2 is 1.62 bits per heavy atom. The van der Waals surface area contributed by atoms with Gasteiger partial charge >= 0.3 is 6.18 Å². The molecule has 112 valence electrons. The minimum absolute atomic E-state index is 0.123. The number of halogens is 6. The van der Waals surface area contributed by atoms with Crippen molar-refractivity contribution < 1.29 is 22.0 Å². The van der Waals surface area contributed by atoms with Gasteiger partial charge in [0.05, 0.1) is 11.6 Å². The SMILES string of the molecule is NC(c1cc(F)cc(Br)c1)c1ccc(C(F)(F)F)c(F)c1. The summed E-state index contributed by atoms with van der Waals surface area (Å²) in [6, 6.07) is 5.35. The van der Waals surface area contributed by atoms with Crippen LogP contribution in [0.2, 0.25) is 0 Å². The molecule has 0 amide bonds. The highest BCUT2D eigenvalue weighted by molar-refractivity contribution is 9.10. The zero-order chi connectivity index (χ0) is 15.8. The van der Waals surface area contributed by atoms with Crippen LogP contribution in [-0.4, -0.2) is 0 Å². The number of nitrogens with two attached hydrogens (primary N) is 1. The third-order valence-electron chi connectivity index (χ3n) is 2.90. The van der Waals surface area contributed by atoms with Crippen LogP contribution in [0.4, 0.5) is 22.0 Å². The smallest absolute Gasteiger partial charge is 0.320 e. The molecule has 0 radical (unpaired) electrons. The number of hydrogen-bond acceptors (Lipinski definition) is 1. The Morgan fingerprint density at radius 3 is 2.14 bits per heavy atom. The summed E-state index contributed by atoms with van der Waals surface area (Å²) in [5, 5.41) is 0. The molecule has 0 aliphatic rings. The minimum atomic E-state index is -4.77. The highest BCUT2D eigenvalue weighted by atomic mass is 79.9. The summed E-state index contributed by atoms with van der Waals surface area (Å²) < 4.78 is 64.7. The molecule has 2 aromatic rings. The second kappa shape index (κ2) is 5.73. The van der Waals surface area contributed by atoms with E-state index in [0.717, 1.165) is 12.1 Å². The third kappa shape index (κ3) is 3.59. The van der Waals surface area contributed by atoms with E-state index in [1.54, 1.807) is 0 Å². The van der Waals surface area contributed by atoms with E-state index in [1.165, 1.54) is 12.1 Å². The molecule has 1 atom stereocenters. The van der Waals surface area contributed by atoms with E-state index in [4.69, 9.17) is 5.73 Å². The molecule has 0 saturated heterocycles. The Labute approximate surface area is 125 Å². The highest BCUT2D eigenvalue weighted by Gasteiger charge is 2.34. The van der Waals surface area contributed by atoms with Gasteiger partial charge in [-0.25, -0.2) is 8.78 Å². The number of benzene rings is 2. The molecular formula is C14H9BrF5N. The van der Waals surface area contributed by atoms with E-state index >= 15 is 0 Å². The molecule has 0 aromatic heterocycles. The van der Waals surface area contributed by atoms with Crippen molar-refractivity contribution in [1.82, 2.24) is 0 Å². The van der Waals surface area contributed by atoms with Crippen LogP contribution in [0.1, 0.15) is 22.7 Å². The standard InChI is InChI=1S/C14H9BrF5N/c15-9-3-8(4-10(16)6-9)13(21)7-1-2-11(12(17)5-7)14(18,19)20/h1-6,13H,21H2. The van der Waals surface area contributed by atoms with Gasteiger partial charge in [0.2, 0.25) is 0 Å². The van der Waals surface area contributed by atoms with E-state index in [0.29, 0.717) is 22.2 Å². The fraction of sp³-hybridized carbons (Fsp3) is 0.143. The molecule has 0 aliphatic carbocycles. The van der Waals surface area contributed by atoms with Crippen LogP contribution in [0.25, 0.3) is 0 Å². The summed E-state index contributed by atoms with van der Waals surface area (Å²) in [7, 11) is 0. The van der Waals surface area contributed by atoms with Crippen molar-refractivity contribution >= 4 is 15.9 Å². The van der Waals surface area contributed by atoms with Crippen LogP contribution in [0.15, 0.2) is 40.9 Å². The van der Waals surface area contributed by atoms with Crippen LogP contribution in [0.5, 0.6) is 0 Å². The Hall–Kier alpha value is -1.47. The summed E-state index contributed by atoms with van der Waals surface area (Å²) in [4.78, 5) is 0. The van der Waals surface area contributed by atoms with Gasteiger partial charge in [-0.2, -0.15) is 13.2 Å². The van der Waals surface area contributed by atoms with Crippen molar-refractivity contribution in [3.05, 3.63) is 69.2 Å². The normalized spacial score (nSPS) is 13.3.